The second-order valence-corrected chi connectivity index (χ2v) is 4.51. The first-order valence-electron chi connectivity index (χ1n) is 5.39. The summed E-state index contributed by atoms with van der Waals surface area (Å²) in [5.41, 5.74) is 3.44. The van der Waals surface area contributed by atoms with Crippen molar-refractivity contribution >= 4 is 23.1 Å². The first-order chi connectivity index (χ1) is 8.02. The molecule has 3 nitrogen and oxygen atoms in total. The van der Waals surface area contributed by atoms with Crippen molar-refractivity contribution in [1.29, 1.82) is 0 Å². The summed E-state index contributed by atoms with van der Waals surface area (Å²) >= 11 is 5.89. The van der Waals surface area contributed by atoms with Gasteiger partial charge in [0.1, 0.15) is 16.8 Å². The molecular formula is C13H14ClN3. The summed E-state index contributed by atoms with van der Waals surface area (Å²) in [5, 5.41) is 3.68. The molecule has 0 saturated carbocycles. The second-order valence-electron chi connectivity index (χ2n) is 4.12. The number of rotatable bonds is 2. The number of nitrogens with zero attached hydrogens (tertiary/aromatic N) is 2. The van der Waals surface area contributed by atoms with Crippen LogP contribution in [0, 0.1) is 20.8 Å². The van der Waals surface area contributed by atoms with Gasteiger partial charge in [0.2, 0.25) is 0 Å². The SMILES string of the molecule is Cc1cc(C)cc(Nc2cc(Cl)nc(C)n2)c1. The Labute approximate surface area is 106 Å². The highest BCUT2D eigenvalue weighted by molar-refractivity contribution is 6.29. The molecule has 88 valence electrons. The molecule has 0 aliphatic heterocycles. The number of halogens is 1. The largest absolute Gasteiger partial charge is 0.340 e. The van der Waals surface area contributed by atoms with E-state index >= 15 is 0 Å². The van der Waals surface area contributed by atoms with Crippen LogP contribution >= 0.6 is 11.6 Å². The maximum atomic E-state index is 5.89. The summed E-state index contributed by atoms with van der Waals surface area (Å²) in [6, 6.07) is 7.98. The highest BCUT2D eigenvalue weighted by Gasteiger charge is 2.01. The highest BCUT2D eigenvalue weighted by Crippen LogP contribution is 2.19. The summed E-state index contributed by atoms with van der Waals surface area (Å²) in [5.74, 6) is 1.37. The zero-order chi connectivity index (χ0) is 12.4. The van der Waals surface area contributed by atoms with Crippen LogP contribution in [0.5, 0.6) is 0 Å². The van der Waals surface area contributed by atoms with Crippen molar-refractivity contribution in [3.8, 4) is 0 Å². The fourth-order valence-electron chi connectivity index (χ4n) is 1.79. The van der Waals surface area contributed by atoms with E-state index in [1.165, 1.54) is 11.1 Å². The van der Waals surface area contributed by atoms with Crippen molar-refractivity contribution in [3.05, 3.63) is 46.4 Å². The number of aromatic nitrogens is 2. The summed E-state index contributed by atoms with van der Waals surface area (Å²) in [6.07, 6.45) is 0. The predicted molar refractivity (Wildman–Crippen MR) is 71.0 cm³/mol. The van der Waals surface area contributed by atoms with Crippen LogP contribution in [-0.4, -0.2) is 9.97 Å². The standard InChI is InChI=1S/C13H14ClN3/c1-8-4-9(2)6-11(5-8)17-13-7-12(14)15-10(3)16-13/h4-7H,1-3H3,(H,15,16,17). The van der Waals surface area contributed by atoms with Crippen LogP contribution in [0.15, 0.2) is 24.3 Å². The van der Waals surface area contributed by atoms with E-state index in [9.17, 15) is 0 Å². The molecule has 0 saturated heterocycles. The van der Waals surface area contributed by atoms with Gasteiger partial charge in [0.25, 0.3) is 0 Å². The maximum Gasteiger partial charge on any atom is 0.135 e. The van der Waals surface area contributed by atoms with E-state index in [4.69, 9.17) is 11.6 Å². The molecule has 2 rings (SSSR count). The lowest BCUT2D eigenvalue weighted by atomic mass is 10.1. The Morgan fingerprint density at radius 2 is 1.59 bits per heavy atom. The lowest BCUT2D eigenvalue weighted by molar-refractivity contribution is 1.06. The van der Waals surface area contributed by atoms with Crippen molar-refractivity contribution in [3.63, 3.8) is 0 Å². The molecule has 0 fully saturated rings. The molecule has 0 amide bonds. The molecule has 0 aliphatic carbocycles. The molecule has 0 aliphatic rings. The fraction of sp³-hybridized carbons (Fsp3) is 0.231. The maximum absolute atomic E-state index is 5.89. The molecular weight excluding hydrogens is 234 g/mol. The summed E-state index contributed by atoms with van der Waals surface area (Å²) < 4.78 is 0. The van der Waals surface area contributed by atoms with Gasteiger partial charge in [-0.05, 0) is 44.0 Å². The first-order valence-corrected chi connectivity index (χ1v) is 5.77. The minimum atomic E-state index is 0.448. The molecule has 17 heavy (non-hydrogen) atoms. The minimum absolute atomic E-state index is 0.448. The molecule has 0 bridgehead atoms. The van der Waals surface area contributed by atoms with E-state index < -0.39 is 0 Å². The second kappa shape index (κ2) is 4.72. The molecule has 0 radical (unpaired) electrons. The summed E-state index contributed by atoms with van der Waals surface area (Å²) in [7, 11) is 0. The smallest absolute Gasteiger partial charge is 0.135 e. The topological polar surface area (TPSA) is 37.8 Å². The van der Waals surface area contributed by atoms with E-state index in [1.807, 2.05) is 6.92 Å². The average Bonchev–Trinajstić information content (AvgIpc) is 2.13. The molecule has 2 aromatic rings. The average molecular weight is 248 g/mol. The molecule has 1 aromatic carbocycles. The quantitative estimate of drug-likeness (QED) is 0.821. The van der Waals surface area contributed by atoms with E-state index in [-0.39, 0.29) is 0 Å². The van der Waals surface area contributed by atoms with E-state index in [0.29, 0.717) is 16.8 Å². The van der Waals surface area contributed by atoms with Gasteiger partial charge in [-0.25, -0.2) is 9.97 Å². The number of nitrogens with one attached hydrogen (secondary N) is 1. The Balaban J connectivity index is 2.31. The zero-order valence-corrected chi connectivity index (χ0v) is 10.8. The summed E-state index contributed by atoms with van der Waals surface area (Å²) in [6.45, 7) is 5.95. The number of hydrogen-bond donors (Lipinski definition) is 1. The van der Waals surface area contributed by atoms with Gasteiger partial charge in [-0.1, -0.05) is 17.7 Å². The lowest BCUT2D eigenvalue weighted by Gasteiger charge is -2.08. The molecule has 1 aromatic heterocycles. The number of anilines is 2. The van der Waals surface area contributed by atoms with Crippen LogP contribution in [0.4, 0.5) is 11.5 Å². The van der Waals surface area contributed by atoms with E-state index in [0.717, 1.165) is 5.69 Å². The number of hydrogen-bond acceptors (Lipinski definition) is 3. The van der Waals surface area contributed by atoms with Gasteiger partial charge in [-0.2, -0.15) is 0 Å². The summed E-state index contributed by atoms with van der Waals surface area (Å²) in [4.78, 5) is 8.31. The molecule has 1 N–H and O–H groups in total. The monoisotopic (exact) mass is 247 g/mol. The van der Waals surface area contributed by atoms with Gasteiger partial charge in [-0.3, -0.25) is 0 Å². The lowest BCUT2D eigenvalue weighted by Crippen LogP contribution is -1.97. The molecule has 1 heterocycles. The van der Waals surface area contributed by atoms with Crippen molar-refractivity contribution in [2.45, 2.75) is 20.8 Å². The predicted octanol–water partition coefficient (Wildman–Crippen LogP) is 3.80. The van der Waals surface area contributed by atoms with Gasteiger partial charge < -0.3 is 5.32 Å². The fourth-order valence-corrected chi connectivity index (χ4v) is 2.02. The Morgan fingerprint density at radius 1 is 0.941 bits per heavy atom. The van der Waals surface area contributed by atoms with Crippen molar-refractivity contribution in [2.75, 3.05) is 5.32 Å². The first kappa shape index (κ1) is 11.9. The van der Waals surface area contributed by atoms with E-state index in [1.54, 1.807) is 6.07 Å². The molecule has 4 heteroatoms. The van der Waals surface area contributed by atoms with Crippen LogP contribution in [-0.2, 0) is 0 Å². The third-order valence-corrected chi connectivity index (χ3v) is 2.49. The van der Waals surface area contributed by atoms with Crippen LogP contribution < -0.4 is 5.32 Å². The van der Waals surface area contributed by atoms with Gasteiger partial charge in [0.15, 0.2) is 0 Å². The van der Waals surface area contributed by atoms with Gasteiger partial charge >= 0.3 is 0 Å². The van der Waals surface area contributed by atoms with Crippen LogP contribution in [0.1, 0.15) is 17.0 Å². The molecule has 0 unspecified atom stereocenters. The van der Waals surface area contributed by atoms with E-state index in [2.05, 4.69) is 47.3 Å². The molecule has 0 spiro atoms. The minimum Gasteiger partial charge on any atom is -0.340 e. The normalized spacial score (nSPS) is 10.4. The number of aryl methyl sites for hydroxylation is 3. The third kappa shape index (κ3) is 3.17. The van der Waals surface area contributed by atoms with Gasteiger partial charge in [0.05, 0.1) is 0 Å². The Kier molecular flexibility index (Phi) is 3.29. The van der Waals surface area contributed by atoms with Crippen molar-refractivity contribution < 1.29 is 0 Å². The highest BCUT2D eigenvalue weighted by atomic mass is 35.5. The van der Waals surface area contributed by atoms with Crippen molar-refractivity contribution in [2.24, 2.45) is 0 Å². The Bertz CT molecular complexity index is 462. The zero-order valence-electron chi connectivity index (χ0n) is 10.1. The Hall–Kier alpha value is -1.61. The third-order valence-electron chi connectivity index (χ3n) is 2.30. The van der Waals surface area contributed by atoms with Crippen molar-refractivity contribution in [1.82, 2.24) is 9.97 Å². The number of benzene rings is 1. The Morgan fingerprint density at radius 3 is 2.18 bits per heavy atom. The van der Waals surface area contributed by atoms with Crippen LogP contribution in [0.25, 0.3) is 0 Å². The van der Waals surface area contributed by atoms with Crippen LogP contribution in [0.2, 0.25) is 5.15 Å². The molecule has 0 atom stereocenters. The van der Waals surface area contributed by atoms with Gasteiger partial charge in [0, 0.05) is 11.8 Å². The van der Waals surface area contributed by atoms with Crippen LogP contribution in [0.3, 0.4) is 0 Å². The van der Waals surface area contributed by atoms with Gasteiger partial charge in [-0.15, -0.1) is 0 Å².